The predicted molar refractivity (Wildman–Crippen MR) is 66.0 cm³/mol. The van der Waals surface area contributed by atoms with Gasteiger partial charge in [0.1, 0.15) is 0 Å². The molecule has 0 bridgehead atoms. The van der Waals surface area contributed by atoms with E-state index >= 15 is 0 Å². The molecule has 2 aliphatic rings. The zero-order chi connectivity index (χ0) is 12.1. The Kier molecular flexibility index (Phi) is 4.43. The summed E-state index contributed by atoms with van der Waals surface area (Å²) >= 11 is 0. The number of hydrogen-bond acceptors (Lipinski definition) is 2. The molecule has 98 valence electrons. The Bertz CT molecular complexity index is 252. The van der Waals surface area contributed by atoms with Crippen LogP contribution < -0.4 is 0 Å². The van der Waals surface area contributed by atoms with Gasteiger partial charge in [-0.3, -0.25) is 0 Å². The van der Waals surface area contributed by atoms with Crippen LogP contribution in [0, 0.1) is 5.92 Å². The Morgan fingerprint density at radius 3 is 2.41 bits per heavy atom. The number of unbranched alkanes of at least 4 members (excludes halogenated alkanes) is 3. The molecule has 3 nitrogen and oxygen atoms in total. The van der Waals surface area contributed by atoms with Gasteiger partial charge in [0.15, 0.2) is 5.60 Å². The van der Waals surface area contributed by atoms with Gasteiger partial charge < -0.3 is 9.84 Å². The minimum Gasteiger partial charge on any atom is -0.479 e. The van der Waals surface area contributed by atoms with Crippen molar-refractivity contribution in [2.45, 2.75) is 69.8 Å². The first-order chi connectivity index (χ1) is 8.23. The number of hydrogen-bond donors (Lipinski definition) is 1. The van der Waals surface area contributed by atoms with Crippen molar-refractivity contribution in [2.75, 3.05) is 6.61 Å². The van der Waals surface area contributed by atoms with Crippen molar-refractivity contribution in [3.8, 4) is 0 Å². The highest BCUT2D eigenvalue weighted by Crippen LogP contribution is 2.33. The summed E-state index contributed by atoms with van der Waals surface area (Å²) in [5, 5.41) is 8.93. The lowest BCUT2D eigenvalue weighted by atomic mass is 9.97. The van der Waals surface area contributed by atoms with Crippen LogP contribution in [0.25, 0.3) is 0 Å². The summed E-state index contributed by atoms with van der Waals surface area (Å²) < 4.78 is 5.05. The maximum absolute atomic E-state index is 10.9. The first-order valence-corrected chi connectivity index (χ1v) is 7.10. The summed E-state index contributed by atoms with van der Waals surface area (Å²) in [5.74, 6) is 0.218. The second kappa shape index (κ2) is 5.85. The van der Waals surface area contributed by atoms with Crippen LogP contribution in [0.3, 0.4) is 0 Å². The monoisotopic (exact) mass is 240 g/mol. The number of carboxylic acid groups (broad SMARTS) is 1. The third-order valence-corrected chi connectivity index (χ3v) is 4.30. The van der Waals surface area contributed by atoms with E-state index in [0.717, 1.165) is 18.8 Å². The molecule has 1 saturated carbocycles. The molecule has 2 fully saturated rings. The van der Waals surface area contributed by atoms with Crippen molar-refractivity contribution >= 4 is 5.97 Å². The van der Waals surface area contributed by atoms with Crippen LogP contribution in [0.5, 0.6) is 0 Å². The normalized spacial score (nSPS) is 28.5. The lowest BCUT2D eigenvalue weighted by molar-refractivity contribution is -0.143. The van der Waals surface area contributed by atoms with Crippen LogP contribution >= 0.6 is 0 Å². The average molecular weight is 240 g/mol. The van der Waals surface area contributed by atoms with Gasteiger partial charge in [-0.15, -0.1) is 0 Å². The maximum atomic E-state index is 10.9. The predicted octanol–water partition coefficient (Wildman–Crippen LogP) is 3.37. The lowest BCUT2D eigenvalue weighted by Crippen LogP contribution is -2.23. The molecule has 3 heteroatoms. The SMILES string of the molecule is O=C(O)C1(CCCCCCC2CCCC2)CO1. The maximum Gasteiger partial charge on any atom is 0.338 e. The second-order valence-corrected chi connectivity index (χ2v) is 5.69. The summed E-state index contributed by atoms with van der Waals surface area (Å²) in [6, 6.07) is 0. The molecule has 17 heavy (non-hydrogen) atoms. The van der Waals surface area contributed by atoms with Gasteiger partial charge in [-0.1, -0.05) is 51.4 Å². The smallest absolute Gasteiger partial charge is 0.338 e. The first kappa shape index (κ1) is 12.9. The second-order valence-electron chi connectivity index (χ2n) is 5.69. The molecule has 1 N–H and O–H groups in total. The number of carbonyl (C=O) groups is 1. The van der Waals surface area contributed by atoms with Crippen LogP contribution in [-0.4, -0.2) is 23.3 Å². The zero-order valence-corrected chi connectivity index (χ0v) is 10.6. The number of carboxylic acids is 1. The van der Waals surface area contributed by atoms with E-state index < -0.39 is 11.6 Å². The minimum absolute atomic E-state index is 0.421. The highest BCUT2D eigenvalue weighted by molar-refractivity contribution is 5.80. The molecule has 1 aliphatic carbocycles. The topological polar surface area (TPSA) is 49.8 Å². The van der Waals surface area contributed by atoms with Gasteiger partial charge in [0.05, 0.1) is 6.61 Å². The molecule has 0 aromatic rings. The van der Waals surface area contributed by atoms with Gasteiger partial charge in [0, 0.05) is 0 Å². The van der Waals surface area contributed by atoms with E-state index in [0.29, 0.717) is 13.0 Å². The molecule has 0 amide bonds. The van der Waals surface area contributed by atoms with Crippen molar-refractivity contribution in [2.24, 2.45) is 5.92 Å². The third kappa shape index (κ3) is 3.70. The van der Waals surface area contributed by atoms with E-state index in [4.69, 9.17) is 9.84 Å². The molecule has 1 atom stereocenters. The van der Waals surface area contributed by atoms with Gasteiger partial charge in [-0.25, -0.2) is 4.79 Å². The van der Waals surface area contributed by atoms with E-state index in [9.17, 15) is 4.79 Å². The highest BCUT2D eigenvalue weighted by atomic mass is 16.6. The van der Waals surface area contributed by atoms with E-state index in [1.54, 1.807) is 0 Å². The van der Waals surface area contributed by atoms with Gasteiger partial charge in [-0.05, 0) is 18.8 Å². The molecule has 0 aromatic carbocycles. The van der Waals surface area contributed by atoms with Crippen LogP contribution in [0.1, 0.15) is 64.2 Å². The Morgan fingerprint density at radius 1 is 1.18 bits per heavy atom. The van der Waals surface area contributed by atoms with E-state index in [-0.39, 0.29) is 0 Å². The number of aliphatic carboxylic acids is 1. The molecule has 0 aromatic heterocycles. The summed E-state index contributed by atoms with van der Waals surface area (Å²) in [6.45, 7) is 0.421. The highest BCUT2D eigenvalue weighted by Gasteiger charge is 2.51. The molecule has 1 heterocycles. The number of rotatable bonds is 8. The fourth-order valence-electron chi connectivity index (χ4n) is 2.96. The molecule has 1 aliphatic heterocycles. The number of ether oxygens (including phenoxy) is 1. The summed E-state index contributed by atoms with van der Waals surface area (Å²) in [7, 11) is 0. The van der Waals surface area contributed by atoms with Crippen molar-refractivity contribution < 1.29 is 14.6 Å². The third-order valence-electron chi connectivity index (χ3n) is 4.30. The molecule has 2 rings (SSSR count). The van der Waals surface area contributed by atoms with Crippen LogP contribution in [0.15, 0.2) is 0 Å². The molecule has 1 unspecified atom stereocenters. The summed E-state index contributed by atoms with van der Waals surface area (Å²) in [5.41, 5.74) is -0.786. The van der Waals surface area contributed by atoms with Gasteiger partial charge >= 0.3 is 5.97 Å². The van der Waals surface area contributed by atoms with Crippen LogP contribution in [0.2, 0.25) is 0 Å². The Morgan fingerprint density at radius 2 is 1.82 bits per heavy atom. The molecule has 0 radical (unpaired) electrons. The van der Waals surface area contributed by atoms with Crippen molar-refractivity contribution in [3.05, 3.63) is 0 Å². The van der Waals surface area contributed by atoms with E-state index in [1.807, 2.05) is 0 Å². The summed E-state index contributed by atoms with van der Waals surface area (Å²) in [4.78, 5) is 10.9. The Labute approximate surface area is 104 Å². The number of epoxide rings is 1. The van der Waals surface area contributed by atoms with E-state index in [1.165, 1.54) is 44.9 Å². The first-order valence-electron chi connectivity index (χ1n) is 7.10. The molecular weight excluding hydrogens is 216 g/mol. The largest absolute Gasteiger partial charge is 0.479 e. The fourth-order valence-corrected chi connectivity index (χ4v) is 2.96. The fraction of sp³-hybridized carbons (Fsp3) is 0.929. The lowest BCUT2D eigenvalue weighted by Gasteiger charge is -2.09. The van der Waals surface area contributed by atoms with Gasteiger partial charge in [0.2, 0.25) is 0 Å². The molecule has 0 spiro atoms. The van der Waals surface area contributed by atoms with Gasteiger partial charge in [-0.2, -0.15) is 0 Å². The zero-order valence-electron chi connectivity index (χ0n) is 10.6. The standard InChI is InChI=1S/C14H24O3/c15-13(16)14(11-17-14)10-6-2-1-3-7-12-8-4-5-9-12/h12H,1-11H2,(H,15,16). The quantitative estimate of drug-likeness (QED) is 0.522. The molecule has 1 saturated heterocycles. The Hall–Kier alpha value is -0.570. The molecular formula is C14H24O3. The minimum atomic E-state index is -0.786. The van der Waals surface area contributed by atoms with Crippen LogP contribution in [-0.2, 0) is 9.53 Å². The van der Waals surface area contributed by atoms with Crippen molar-refractivity contribution in [1.82, 2.24) is 0 Å². The van der Waals surface area contributed by atoms with E-state index in [2.05, 4.69) is 0 Å². The summed E-state index contributed by atoms with van der Waals surface area (Å²) in [6.07, 6.45) is 12.6. The van der Waals surface area contributed by atoms with Crippen LogP contribution in [0.4, 0.5) is 0 Å². The van der Waals surface area contributed by atoms with Crippen molar-refractivity contribution in [3.63, 3.8) is 0 Å². The van der Waals surface area contributed by atoms with Crippen molar-refractivity contribution in [1.29, 1.82) is 0 Å². The van der Waals surface area contributed by atoms with Gasteiger partial charge in [0.25, 0.3) is 0 Å². The Balaban J connectivity index is 1.45. The average Bonchev–Trinajstić information content (AvgIpc) is 2.92.